The van der Waals surface area contributed by atoms with Gasteiger partial charge in [0.15, 0.2) is 6.29 Å². The quantitative estimate of drug-likeness (QED) is 0.661. The van der Waals surface area contributed by atoms with Gasteiger partial charge in [-0.1, -0.05) is 0 Å². The van der Waals surface area contributed by atoms with Crippen molar-refractivity contribution in [2.75, 3.05) is 0 Å². The summed E-state index contributed by atoms with van der Waals surface area (Å²) in [5, 5.41) is 17.1. The van der Waals surface area contributed by atoms with Gasteiger partial charge in [-0.25, -0.2) is 4.39 Å². The van der Waals surface area contributed by atoms with Crippen molar-refractivity contribution in [3.05, 3.63) is 34.6 Å². The van der Waals surface area contributed by atoms with E-state index in [0.29, 0.717) is 6.29 Å². The van der Waals surface area contributed by atoms with Crippen LogP contribution in [-0.2, 0) is 6.42 Å². The normalized spacial score (nSPS) is 8.79. The van der Waals surface area contributed by atoms with Crippen LogP contribution in [0.3, 0.4) is 0 Å². The van der Waals surface area contributed by atoms with E-state index in [0.717, 1.165) is 12.1 Å². The van der Waals surface area contributed by atoms with Gasteiger partial charge < -0.3 is 0 Å². The standard InChI is InChI=1S/C10H5FN2O/c11-9-3-7(1-2-12)10(5-13)8(4-9)6-14/h3-4,6H,1H2. The molecule has 68 valence electrons. The molecule has 1 rings (SSSR count). The number of carbonyl (C=O) groups excluding carboxylic acids is 1. The largest absolute Gasteiger partial charge is 0.298 e. The molecule has 14 heavy (non-hydrogen) atoms. The highest BCUT2D eigenvalue weighted by atomic mass is 19.1. The van der Waals surface area contributed by atoms with Crippen LogP contribution in [-0.4, -0.2) is 6.29 Å². The Kier molecular flexibility index (Phi) is 2.93. The number of hydrogen-bond acceptors (Lipinski definition) is 3. The maximum Gasteiger partial charge on any atom is 0.151 e. The van der Waals surface area contributed by atoms with Gasteiger partial charge >= 0.3 is 0 Å². The topological polar surface area (TPSA) is 64.7 Å². The minimum Gasteiger partial charge on any atom is -0.298 e. The van der Waals surface area contributed by atoms with Crippen LogP contribution in [0.15, 0.2) is 12.1 Å². The first-order chi connectivity index (χ1) is 6.72. The summed E-state index contributed by atoms with van der Waals surface area (Å²) in [5.41, 5.74) is 0.304. The Morgan fingerprint density at radius 2 is 2.14 bits per heavy atom. The summed E-state index contributed by atoms with van der Waals surface area (Å²) >= 11 is 0. The van der Waals surface area contributed by atoms with Crippen molar-refractivity contribution >= 4 is 6.29 Å². The van der Waals surface area contributed by atoms with Crippen LogP contribution in [0.25, 0.3) is 0 Å². The van der Waals surface area contributed by atoms with Crippen molar-refractivity contribution in [3.8, 4) is 12.1 Å². The molecule has 1 aromatic carbocycles. The fraction of sp³-hybridized carbons (Fsp3) is 0.100. The smallest absolute Gasteiger partial charge is 0.151 e. The predicted octanol–water partition coefficient (Wildman–Crippen LogP) is 1.58. The molecule has 0 heterocycles. The highest BCUT2D eigenvalue weighted by molar-refractivity contribution is 5.80. The summed E-state index contributed by atoms with van der Waals surface area (Å²) in [5.74, 6) is -0.614. The van der Waals surface area contributed by atoms with Gasteiger partial charge in [-0.3, -0.25) is 4.79 Å². The van der Waals surface area contributed by atoms with E-state index in [2.05, 4.69) is 0 Å². The first-order valence-corrected chi connectivity index (χ1v) is 3.77. The van der Waals surface area contributed by atoms with Crippen LogP contribution in [0, 0.1) is 28.5 Å². The molecular formula is C10H5FN2O. The minimum atomic E-state index is -0.614. The molecule has 0 bridgehead atoms. The van der Waals surface area contributed by atoms with Gasteiger partial charge in [0, 0.05) is 5.56 Å². The first kappa shape index (κ1) is 9.88. The molecule has 0 aliphatic heterocycles. The lowest BCUT2D eigenvalue weighted by molar-refractivity contribution is 0.112. The Bertz CT molecular complexity index is 454. The SMILES string of the molecule is N#CCc1cc(F)cc(C=O)c1C#N. The van der Waals surface area contributed by atoms with Gasteiger partial charge in [-0.05, 0) is 17.7 Å². The molecule has 0 saturated heterocycles. The minimum absolute atomic E-state index is 0.0160. The number of nitrogens with zero attached hydrogens (tertiary/aromatic N) is 2. The summed E-state index contributed by atoms with van der Waals surface area (Å²) < 4.78 is 12.9. The molecule has 0 saturated carbocycles. The molecule has 4 heteroatoms. The highest BCUT2D eigenvalue weighted by Gasteiger charge is 2.09. The first-order valence-electron chi connectivity index (χ1n) is 3.77. The van der Waals surface area contributed by atoms with Crippen molar-refractivity contribution in [3.63, 3.8) is 0 Å². The highest BCUT2D eigenvalue weighted by Crippen LogP contribution is 2.15. The van der Waals surface area contributed by atoms with E-state index in [1.807, 2.05) is 0 Å². The molecule has 0 radical (unpaired) electrons. The summed E-state index contributed by atoms with van der Waals surface area (Å²) in [6, 6.07) is 5.65. The third kappa shape index (κ3) is 1.75. The molecule has 1 aromatic rings. The summed E-state index contributed by atoms with van der Waals surface area (Å²) in [4.78, 5) is 10.5. The fourth-order valence-electron chi connectivity index (χ4n) is 1.14. The van der Waals surface area contributed by atoms with Crippen LogP contribution in [0.4, 0.5) is 4.39 Å². The second kappa shape index (κ2) is 4.15. The van der Waals surface area contributed by atoms with Crippen molar-refractivity contribution in [2.24, 2.45) is 0 Å². The lowest BCUT2D eigenvalue weighted by atomic mass is 10.0. The summed E-state index contributed by atoms with van der Waals surface area (Å²) in [6.45, 7) is 0. The number of hydrogen-bond donors (Lipinski definition) is 0. The van der Waals surface area contributed by atoms with E-state index in [1.165, 1.54) is 0 Å². The molecule has 0 spiro atoms. The Hall–Kier alpha value is -2.20. The maximum absolute atomic E-state index is 12.9. The zero-order chi connectivity index (χ0) is 10.6. The van der Waals surface area contributed by atoms with Gasteiger partial charge in [0.05, 0.1) is 18.1 Å². The van der Waals surface area contributed by atoms with Crippen molar-refractivity contribution < 1.29 is 9.18 Å². The van der Waals surface area contributed by atoms with E-state index < -0.39 is 5.82 Å². The van der Waals surface area contributed by atoms with Crippen molar-refractivity contribution in [1.82, 2.24) is 0 Å². The Labute approximate surface area is 80.0 Å². The van der Waals surface area contributed by atoms with Gasteiger partial charge in [-0.15, -0.1) is 0 Å². The number of rotatable bonds is 2. The van der Waals surface area contributed by atoms with E-state index >= 15 is 0 Å². The summed E-state index contributed by atoms with van der Waals surface area (Å²) in [7, 11) is 0. The van der Waals surface area contributed by atoms with Gasteiger partial charge in [0.25, 0.3) is 0 Å². The van der Waals surface area contributed by atoms with Crippen LogP contribution >= 0.6 is 0 Å². The Morgan fingerprint density at radius 3 is 2.64 bits per heavy atom. The molecule has 0 aliphatic carbocycles. The van der Waals surface area contributed by atoms with Gasteiger partial charge in [-0.2, -0.15) is 10.5 Å². The van der Waals surface area contributed by atoms with E-state index in [9.17, 15) is 9.18 Å². The molecule has 0 aliphatic rings. The molecule has 0 atom stereocenters. The monoisotopic (exact) mass is 188 g/mol. The average Bonchev–Trinajstić information content (AvgIpc) is 2.17. The predicted molar refractivity (Wildman–Crippen MR) is 45.8 cm³/mol. The van der Waals surface area contributed by atoms with Crippen molar-refractivity contribution in [1.29, 1.82) is 10.5 Å². The third-order valence-corrected chi connectivity index (χ3v) is 1.72. The Balaban J connectivity index is 3.42. The Morgan fingerprint density at radius 1 is 1.43 bits per heavy atom. The maximum atomic E-state index is 12.9. The number of nitriles is 2. The second-order valence-corrected chi connectivity index (χ2v) is 2.59. The van der Waals surface area contributed by atoms with Crippen LogP contribution < -0.4 is 0 Å². The zero-order valence-electron chi connectivity index (χ0n) is 7.12. The van der Waals surface area contributed by atoms with E-state index in [4.69, 9.17) is 10.5 Å². The zero-order valence-corrected chi connectivity index (χ0v) is 7.12. The second-order valence-electron chi connectivity index (χ2n) is 2.59. The number of halogens is 1. The molecule has 0 unspecified atom stereocenters. The lowest BCUT2D eigenvalue weighted by Gasteiger charge is -2.01. The fourth-order valence-corrected chi connectivity index (χ4v) is 1.14. The number of aldehydes is 1. The van der Waals surface area contributed by atoms with Crippen LogP contribution in [0.1, 0.15) is 21.5 Å². The van der Waals surface area contributed by atoms with Crippen LogP contribution in [0.2, 0.25) is 0 Å². The van der Waals surface area contributed by atoms with E-state index in [1.54, 1.807) is 12.1 Å². The molecule has 0 aromatic heterocycles. The molecule has 3 nitrogen and oxygen atoms in total. The van der Waals surface area contributed by atoms with Gasteiger partial charge in [0.1, 0.15) is 11.9 Å². The molecule has 0 N–H and O–H groups in total. The average molecular weight is 188 g/mol. The van der Waals surface area contributed by atoms with E-state index in [-0.39, 0.29) is 23.1 Å². The molecule has 0 amide bonds. The van der Waals surface area contributed by atoms with Gasteiger partial charge in [0.2, 0.25) is 0 Å². The summed E-state index contributed by atoms with van der Waals surface area (Å²) in [6.07, 6.45) is 0.323. The lowest BCUT2D eigenvalue weighted by Crippen LogP contribution is -1.97. The third-order valence-electron chi connectivity index (χ3n) is 1.72. The molecule has 0 fully saturated rings. The number of benzene rings is 1. The van der Waals surface area contributed by atoms with Crippen LogP contribution in [0.5, 0.6) is 0 Å². The van der Waals surface area contributed by atoms with Crippen molar-refractivity contribution in [2.45, 2.75) is 6.42 Å². The number of carbonyl (C=O) groups is 1. The molecular weight excluding hydrogens is 183 g/mol.